The molecule has 1 fully saturated rings. The SMILES string of the molecule is CC(Sc1ccccc1Cl)C(=O)NCC(N)C1CC1. The topological polar surface area (TPSA) is 55.1 Å². The predicted octanol–water partition coefficient (Wildman–Crippen LogP) is 2.67. The summed E-state index contributed by atoms with van der Waals surface area (Å²) in [5.41, 5.74) is 5.96. The van der Waals surface area contributed by atoms with Crippen molar-refractivity contribution in [2.75, 3.05) is 6.54 Å². The minimum atomic E-state index is -0.175. The lowest BCUT2D eigenvalue weighted by Crippen LogP contribution is -2.41. The fourth-order valence-corrected chi connectivity index (χ4v) is 3.02. The Hall–Kier alpha value is -0.710. The molecular formula is C14H19ClN2OS. The Morgan fingerprint density at radius 2 is 2.21 bits per heavy atom. The van der Waals surface area contributed by atoms with Crippen LogP contribution in [0.5, 0.6) is 0 Å². The van der Waals surface area contributed by atoms with Crippen molar-refractivity contribution >= 4 is 29.3 Å². The maximum absolute atomic E-state index is 12.0. The number of hydrogen-bond acceptors (Lipinski definition) is 3. The van der Waals surface area contributed by atoms with Crippen LogP contribution in [0.25, 0.3) is 0 Å². The Balaban J connectivity index is 1.80. The largest absolute Gasteiger partial charge is 0.354 e. The monoisotopic (exact) mass is 298 g/mol. The smallest absolute Gasteiger partial charge is 0.233 e. The lowest BCUT2D eigenvalue weighted by molar-refractivity contribution is -0.120. The van der Waals surface area contributed by atoms with E-state index in [0.717, 1.165) is 4.90 Å². The Labute approximate surface area is 123 Å². The zero-order chi connectivity index (χ0) is 13.8. The van der Waals surface area contributed by atoms with E-state index in [4.69, 9.17) is 17.3 Å². The predicted molar refractivity (Wildman–Crippen MR) is 80.5 cm³/mol. The molecule has 5 heteroatoms. The zero-order valence-electron chi connectivity index (χ0n) is 10.9. The van der Waals surface area contributed by atoms with Gasteiger partial charge in [-0.3, -0.25) is 4.79 Å². The summed E-state index contributed by atoms with van der Waals surface area (Å²) < 4.78 is 0. The zero-order valence-corrected chi connectivity index (χ0v) is 12.5. The highest BCUT2D eigenvalue weighted by Crippen LogP contribution is 2.32. The van der Waals surface area contributed by atoms with Crippen molar-refractivity contribution in [3.63, 3.8) is 0 Å². The third kappa shape index (κ3) is 4.41. The fourth-order valence-electron chi connectivity index (χ4n) is 1.84. The van der Waals surface area contributed by atoms with E-state index in [1.807, 2.05) is 31.2 Å². The molecule has 0 aliphatic heterocycles. The third-order valence-corrected chi connectivity index (χ3v) is 4.87. The number of thioether (sulfide) groups is 1. The molecule has 1 aromatic rings. The first-order valence-electron chi connectivity index (χ1n) is 6.52. The van der Waals surface area contributed by atoms with Crippen molar-refractivity contribution in [2.24, 2.45) is 11.7 Å². The van der Waals surface area contributed by atoms with Gasteiger partial charge in [0, 0.05) is 17.5 Å². The quantitative estimate of drug-likeness (QED) is 0.794. The molecule has 0 heterocycles. The number of nitrogens with two attached hydrogens (primary N) is 1. The van der Waals surface area contributed by atoms with Crippen molar-refractivity contribution in [1.82, 2.24) is 5.32 Å². The van der Waals surface area contributed by atoms with Crippen LogP contribution >= 0.6 is 23.4 Å². The van der Waals surface area contributed by atoms with Crippen LogP contribution in [0.3, 0.4) is 0 Å². The highest BCUT2D eigenvalue weighted by Gasteiger charge is 2.28. The Kier molecular flexibility index (Phi) is 5.13. The van der Waals surface area contributed by atoms with Crippen LogP contribution in [0.1, 0.15) is 19.8 Å². The molecule has 0 aromatic heterocycles. The number of amides is 1. The summed E-state index contributed by atoms with van der Waals surface area (Å²) in [6, 6.07) is 7.65. The first-order valence-corrected chi connectivity index (χ1v) is 7.78. The molecular weight excluding hydrogens is 280 g/mol. The van der Waals surface area contributed by atoms with Gasteiger partial charge in [-0.2, -0.15) is 0 Å². The van der Waals surface area contributed by atoms with Crippen LogP contribution in [0, 0.1) is 5.92 Å². The summed E-state index contributed by atoms with van der Waals surface area (Å²) in [5.74, 6) is 0.618. The van der Waals surface area contributed by atoms with Crippen molar-refractivity contribution in [2.45, 2.75) is 36.0 Å². The van der Waals surface area contributed by atoms with Crippen molar-refractivity contribution in [1.29, 1.82) is 0 Å². The van der Waals surface area contributed by atoms with Crippen LogP contribution in [0.15, 0.2) is 29.2 Å². The molecule has 2 unspecified atom stereocenters. The van der Waals surface area contributed by atoms with Crippen molar-refractivity contribution in [3.05, 3.63) is 29.3 Å². The summed E-state index contributed by atoms with van der Waals surface area (Å²) >= 11 is 7.55. The molecule has 3 nitrogen and oxygen atoms in total. The summed E-state index contributed by atoms with van der Waals surface area (Å²) in [5, 5.41) is 3.42. The third-order valence-electron chi connectivity index (χ3n) is 3.25. The number of carbonyl (C=O) groups excluding carboxylic acids is 1. The van der Waals surface area contributed by atoms with Gasteiger partial charge in [0.1, 0.15) is 0 Å². The molecule has 3 N–H and O–H groups in total. The van der Waals surface area contributed by atoms with Gasteiger partial charge >= 0.3 is 0 Å². The van der Waals surface area contributed by atoms with Gasteiger partial charge < -0.3 is 11.1 Å². The van der Waals surface area contributed by atoms with Gasteiger partial charge in [-0.25, -0.2) is 0 Å². The maximum atomic E-state index is 12.0. The summed E-state index contributed by atoms with van der Waals surface area (Å²) in [6.07, 6.45) is 2.39. The van der Waals surface area contributed by atoms with Crippen molar-refractivity contribution in [3.8, 4) is 0 Å². The van der Waals surface area contributed by atoms with Crippen LogP contribution in [0.4, 0.5) is 0 Å². The van der Waals surface area contributed by atoms with Gasteiger partial charge in [0.2, 0.25) is 5.91 Å². The maximum Gasteiger partial charge on any atom is 0.233 e. The number of nitrogens with one attached hydrogen (secondary N) is 1. The highest BCUT2D eigenvalue weighted by molar-refractivity contribution is 8.00. The van der Waals surface area contributed by atoms with E-state index in [2.05, 4.69) is 5.32 Å². The molecule has 1 saturated carbocycles. The molecule has 1 aliphatic carbocycles. The molecule has 0 bridgehead atoms. The Bertz CT molecular complexity index is 451. The molecule has 2 rings (SSSR count). The average molecular weight is 299 g/mol. The standard InChI is InChI=1S/C14H19ClN2OS/c1-9(19-13-5-3-2-4-11(13)15)14(18)17-8-12(16)10-6-7-10/h2-5,9-10,12H,6-8,16H2,1H3,(H,17,18). The van der Waals surface area contributed by atoms with Crippen LogP contribution < -0.4 is 11.1 Å². The van der Waals surface area contributed by atoms with E-state index in [-0.39, 0.29) is 17.2 Å². The van der Waals surface area contributed by atoms with E-state index in [9.17, 15) is 4.79 Å². The van der Waals surface area contributed by atoms with Gasteiger partial charge in [0.15, 0.2) is 0 Å². The van der Waals surface area contributed by atoms with Gasteiger partial charge in [-0.1, -0.05) is 23.7 Å². The number of carbonyl (C=O) groups is 1. The Morgan fingerprint density at radius 1 is 1.53 bits per heavy atom. The van der Waals surface area contributed by atoms with Gasteiger partial charge in [-0.05, 0) is 37.8 Å². The summed E-state index contributed by atoms with van der Waals surface area (Å²) in [7, 11) is 0. The highest BCUT2D eigenvalue weighted by atomic mass is 35.5. The molecule has 1 aliphatic rings. The molecule has 1 amide bonds. The number of rotatable bonds is 6. The minimum absolute atomic E-state index is 0.0148. The van der Waals surface area contributed by atoms with Crippen LogP contribution in [0.2, 0.25) is 5.02 Å². The van der Waals surface area contributed by atoms with E-state index in [0.29, 0.717) is 17.5 Å². The average Bonchev–Trinajstić information content (AvgIpc) is 3.22. The number of hydrogen-bond donors (Lipinski definition) is 2. The second-order valence-corrected chi connectivity index (χ2v) is 6.73. The van der Waals surface area contributed by atoms with Gasteiger partial charge in [0.25, 0.3) is 0 Å². The molecule has 0 spiro atoms. The first-order chi connectivity index (χ1) is 9.08. The second kappa shape index (κ2) is 6.64. The van der Waals surface area contributed by atoms with E-state index in [1.54, 1.807) is 0 Å². The van der Waals surface area contributed by atoms with E-state index < -0.39 is 0 Å². The molecule has 1 aromatic carbocycles. The second-order valence-electron chi connectivity index (χ2n) is 4.94. The fraction of sp³-hybridized carbons (Fsp3) is 0.500. The molecule has 104 valence electrons. The minimum Gasteiger partial charge on any atom is -0.354 e. The lowest BCUT2D eigenvalue weighted by atomic mass is 10.2. The van der Waals surface area contributed by atoms with Gasteiger partial charge in [-0.15, -0.1) is 11.8 Å². The lowest BCUT2D eigenvalue weighted by Gasteiger charge is -2.15. The van der Waals surface area contributed by atoms with Crippen LogP contribution in [-0.2, 0) is 4.79 Å². The molecule has 19 heavy (non-hydrogen) atoms. The number of halogens is 1. The molecule has 0 radical (unpaired) electrons. The number of benzene rings is 1. The van der Waals surface area contributed by atoms with E-state index >= 15 is 0 Å². The molecule has 2 atom stereocenters. The van der Waals surface area contributed by atoms with E-state index in [1.165, 1.54) is 24.6 Å². The normalized spacial score (nSPS) is 17.8. The molecule has 0 saturated heterocycles. The van der Waals surface area contributed by atoms with Gasteiger partial charge in [0.05, 0.1) is 10.3 Å². The van der Waals surface area contributed by atoms with Crippen molar-refractivity contribution < 1.29 is 4.79 Å². The Morgan fingerprint density at radius 3 is 2.84 bits per heavy atom. The summed E-state index contributed by atoms with van der Waals surface area (Å²) in [6.45, 7) is 2.45. The first kappa shape index (κ1) is 14.7. The summed E-state index contributed by atoms with van der Waals surface area (Å²) in [4.78, 5) is 12.9. The van der Waals surface area contributed by atoms with Crippen LogP contribution in [-0.4, -0.2) is 23.7 Å².